The quantitative estimate of drug-likeness (QED) is 0.906. The van der Waals surface area contributed by atoms with Crippen LogP contribution < -0.4 is 10.6 Å². The van der Waals surface area contributed by atoms with E-state index < -0.39 is 0 Å². The molecule has 0 spiro atoms. The minimum Gasteiger partial charge on any atom is -0.355 e. The molecule has 2 heterocycles. The normalized spacial score (nSPS) is 16.9. The van der Waals surface area contributed by atoms with Crippen LogP contribution in [0.5, 0.6) is 0 Å². The SMILES string of the molecule is NCC1CN(c2ncc(Br)cc2Br)C1. The maximum Gasteiger partial charge on any atom is 0.142 e. The molecule has 0 aliphatic carbocycles. The zero-order valence-electron chi connectivity index (χ0n) is 7.58. The fraction of sp³-hybridized carbons (Fsp3) is 0.444. The van der Waals surface area contributed by atoms with Crippen LogP contribution >= 0.6 is 31.9 Å². The maximum atomic E-state index is 5.57. The van der Waals surface area contributed by atoms with Crippen LogP contribution in [0.3, 0.4) is 0 Å². The molecule has 1 saturated heterocycles. The number of pyridine rings is 1. The third-order valence-electron chi connectivity index (χ3n) is 2.38. The Kier molecular flexibility index (Phi) is 3.09. The minimum absolute atomic E-state index is 0.632. The summed E-state index contributed by atoms with van der Waals surface area (Å²) in [5.41, 5.74) is 5.57. The molecule has 76 valence electrons. The van der Waals surface area contributed by atoms with Gasteiger partial charge in [-0.1, -0.05) is 0 Å². The molecule has 1 aromatic rings. The number of aromatic nitrogens is 1. The lowest BCUT2D eigenvalue weighted by atomic mass is 10.0. The Bertz CT molecular complexity index is 337. The van der Waals surface area contributed by atoms with Crippen molar-refractivity contribution in [2.75, 3.05) is 24.5 Å². The standard InChI is InChI=1S/C9H11Br2N3/c10-7-1-8(11)9(13-3-7)14-4-6(2-12)5-14/h1,3,6H,2,4-5,12H2. The van der Waals surface area contributed by atoms with Crippen LogP contribution in [0.4, 0.5) is 5.82 Å². The van der Waals surface area contributed by atoms with Gasteiger partial charge in [0.25, 0.3) is 0 Å². The first-order valence-electron chi connectivity index (χ1n) is 4.46. The number of hydrogen-bond acceptors (Lipinski definition) is 3. The van der Waals surface area contributed by atoms with E-state index in [2.05, 4.69) is 41.7 Å². The Morgan fingerprint density at radius 1 is 1.50 bits per heavy atom. The number of nitrogens with two attached hydrogens (primary N) is 1. The van der Waals surface area contributed by atoms with Crippen molar-refractivity contribution in [1.82, 2.24) is 4.98 Å². The van der Waals surface area contributed by atoms with Crippen molar-refractivity contribution in [2.24, 2.45) is 11.7 Å². The largest absolute Gasteiger partial charge is 0.355 e. The Morgan fingerprint density at radius 3 is 2.79 bits per heavy atom. The fourth-order valence-corrected chi connectivity index (χ4v) is 2.77. The molecule has 1 aromatic heterocycles. The molecule has 3 nitrogen and oxygen atoms in total. The van der Waals surface area contributed by atoms with Gasteiger partial charge in [0.05, 0.1) is 4.47 Å². The van der Waals surface area contributed by atoms with E-state index in [0.29, 0.717) is 5.92 Å². The maximum absolute atomic E-state index is 5.57. The summed E-state index contributed by atoms with van der Waals surface area (Å²) in [5, 5.41) is 0. The molecule has 0 saturated carbocycles. The zero-order chi connectivity index (χ0) is 10.1. The van der Waals surface area contributed by atoms with Gasteiger partial charge < -0.3 is 10.6 Å². The van der Waals surface area contributed by atoms with Crippen LogP contribution in [0.1, 0.15) is 0 Å². The summed E-state index contributed by atoms with van der Waals surface area (Å²) in [6, 6.07) is 2.01. The summed E-state index contributed by atoms with van der Waals surface area (Å²) in [6.07, 6.45) is 1.82. The van der Waals surface area contributed by atoms with Crippen LogP contribution in [0.2, 0.25) is 0 Å². The second-order valence-corrected chi connectivity index (χ2v) is 5.24. The van der Waals surface area contributed by atoms with Gasteiger partial charge in [-0.25, -0.2) is 4.98 Å². The van der Waals surface area contributed by atoms with Crippen molar-refractivity contribution in [2.45, 2.75) is 0 Å². The average molecular weight is 321 g/mol. The second-order valence-electron chi connectivity index (χ2n) is 3.47. The molecule has 1 aliphatic rings. The van der Waals surface area contributed by atoms with Crippen LogP contribution in [0, 0.1) is 5.92 Å². The first-order valence-corrected chi connectivity index (χ1v) is 6.05. The van der Waals surface area contributed by atoms with Crippen molar-refractivity contribution in [3.8, 4) is 0 Å². The molecule has 2 N–H and O–H groups in total. The smallest absolute Gasteiger partial charge is 0.142 e. The third-order valence-corrected chi connectivity index (χ3v) is 3.40. The van der Waals surface area contributed by atoms with E-state index >= 15 is 0 Å². The van der Waals surface area contributed by atoms with Crippen molar-refractivity contribution in [3.63, 3.8) is 0 Å². The molecule has 0 unspecified atom stereocenters. The van der Waals surface area contributed by atoms with Crippen molar-refractivity contribution in [3.05, 3.63) is 21.2 Å². The van der Waals surface area contributed by atoms with Gasteiger partial charge in [-0.05, 0) is 44.5 Å². The van der Waals surface area contributed by atoms with Gasteiger partial charge in [0.15, 0.2) is 0 Å². The van der Waals surface area contributed by atoms with E-state index in [1.807, 2.05) is 12.3 Å². The van der Waals surface area contributed by atoms with Gasteiger partial charge in [-0.2, -0.15) is 0 Å². The molecule has 5 heteroatoms. The fourth-order valence-electron chi connectivity index (χ4n) is 1.53. The summed E-state index contributed by atoms with van der Waals surface area (Å²) >= 11 is 6.88. The summed E-state index contributed by atoms with van der Waals surface area (Å²) in [7, 11) is 0. The second kappa shape index (κ2) is 4.16. The summed E-state index contributed by atoms with van der Waals surface area (Å²) in [6.45, 7) is 2.80. The molecule has 0 radical (unpaired) electrons. The summed E-state index contributed by atoms with van der Waals surface area (Å²) in [4.78, 5) is 6.59. The number of rotatable bonds is 2. The monoisotopic (exact) mass is 319 g/mol. The molecular formula is C9H11Br2N3. The van der Waals surface area contributed by atoms with E-state index in [4.69, 9.17) is 5.73 Å². The molecule has 1 aliphatic heterocycles. The molecule has 0 aromatic carbocycles. The summed E-state index contributed by atoms with van der Waals surface area (Å²) in [5.74, 6) is 1.64. The van der Waals surface area contributed by atoms with Crippen molar-refractivity contribution in [1.29, 1.82) is 0 Å². The highest BCUT2D eigenvalue weighted by Crippen LogP contribution is 2.30. The predicted octanol–water partition coefficient (Wildman–Crippen LogP) is 2.00. The molecular weight excluding hydrogens is 310 g/mol. The van der Waals surface area contributed by atoms with Gasteiger partial charge in [0.2, 0.25) is 0 Å². The Hall–Kier alpha value is -0.130. The van der Waals surface area contributed by atoms with Crippen LogP contribution in [0.15, 0.2) is 21.2 Å². The van der Waals surface area contributed by atoms with Crippen LogP contribution in [-0.2, 0) is 0 Å². The number of nitrogens with zero attached hydrogens (tertiary/aromatic N) is 2. The predicted molar refractivity (Wildman–Crippen MR) is 64.4 cm³/mol. The number of halogens is 2. The van der Waals surface area contributed by atoms with Crippen molar-refractivity contribution < 1.29 is 0 Å². The zero-order valence-corrected chi connectivity index (χ0v) is 10.8. The highest BCUT2D eigenvalue weighted by atomic mass is 79.9. The van der Waals surface area contributed by atoms with Gasteiger partial charge >= 0.3 is 0 Å². The van der Waals surface area contributed by atoms with Gasteiger partial charge in [0.1, 0.15) is 5.82 Å². The van der Waals surface area contributed by atoms with Gasteiger partial charge in [-0.15, -0.1) is 0 Å². The van der Waals surface area contributed by atoms with Gasteiger partial charge in [0, 0.05) is 29.7 Å². The number of anilines is 1. The van der Waals surface area contributed by atoms with E-state index in [0.717, 1.165) is 34.4 Å². The molecule has 0 bridgehead atoms. The van der Waals surface area contributed by atoms with E-state index in [1.165, 1.54) is 0 Å². The Labute approximate surface area is 99.9 Å². The first-order chi connectivity index (χ1) is 6.70. The van der Waals surface area contributed by atoms with E-state index in [1.54, 1.807) is 0 Å². The number of hydrogen-bond donors (Lipinski definition) is 1. The Morgan fingerprint density at radius 2 is 2.21 bits per heavy atom. The van der Waals surface area contributed by atoms with Crippen molar-refractivity contribution >= 4 is 37.7 Å². The highest BCUT2D eigenvalue weighted by Gasteiger charge is 2.27. The molecule has 14 heavy (non-hydrogen) atoms. The molecule has 0 atom stereocenters. The van der Waals surface area contributed by atoms with E-state index in [9.17, 15) is 0 Å². The van der Waals surface area contributed by atoms with E-state index in [-0.39, 0.29) is 0 Å². The lowest BCUT2D eigenvalue weighted by Gasteiger charge is -2.40. The average Bonchev–Trinajstić information content (AvgIpc) is 2.06. The summed E-state index contributed by atoms with van der Waals surface area (Å²) < 4.78 is 2.02. The molecule has 1 fully saturated rings. The highest BCUT2D eigenvalue weighted by molar-refractivity contribution is 9.11. The topological polar surface area (TPSA) is 42.1 Å². The lowest BCUT2D eigenvalue weighted by Crippen LogP contribution is -2.50. The Balaban J connectivity index is 2.11. The first kappa shape index (κ1) is 10.4. The van der Waals surface area contributed by atoms with Crippen LogP contribution in [-0.4, -0.2) is 24.6 Å². The third kappa shape index (κ3) is 1.94. The van der Waals surface area contributed by atoms with Crippen LogP contribution in [0.25, 0.3) is 0 Å². The minimum atomic E-state index is 0.632. The van der Waals surface area contributed by atoms with Gasteiger partial charge in [-0.3, -0.25) is 0 Å². The molecule has 2 rings (SSSR count). The molecule has 0 amide bonds. The lowest BCUT2D eigenvalue weighted by molar-refractivity contribution is 0.416.